The van der Waals surface area contributed by atoms with E-state index in [4.69, 9.17) is 0 Å². The summed E-state index contributed by atoms with van der Waals surface area (Å²) in [4.78, 5) is 50.0. The molecule has 2 saturated heterocycles. The average Bonchev–Trinajstić information content (AvgIpc) is 3.05. The number of nitrogens with one attached hydrogen (secondary N) is 2. The number of rotatable bonds is 3. The summed E-state index contributed by atoms with van der Waals surface area (Å²) < 4.78 is 14.0. The molecule has 0 radical (unpaired) electrons. The zero-order valence-electron chi connectivity index (χ0n) is 12.8. The van der Waals surface area contributed by atoms with Crippen LogP contribution >= 0.6 is 0 Å². The van der Waals surface area contributed by atoms with Gasteiger partial charge in [0.15, 0.2) is 0 Å². The third-order valence-electron chi connectivity index (χ3n) is 4.14. The molecule has 126 valence electrons. The van der Waals surface area contributed by atoms with Gasteiger partial charge in [0.2, 0.25) is 0 Å². The lowest BCUT2D eigenvalue weighted by atomic mass is 9.91. The van der Waals surface area contributed by atoms with E-state index in [0.717, 1.165) is 4.90 Å². The van der Waals surface area contributed by atoms with Crippen LogP contribution < -0.4 is 10.6 Å². The second kappa shape index (κ2) is 5.59. The normalized spacial score (nSPS) is 23.5. The highest BCUT2D eigenvalue weighted by atomic mass is 19.1. The van der Waals surface area contributed by atoms with Crippen molar-refractivity contribution in [2.75, 3.05) is 19.6 Å². The van der Waals surface area contributed by atoms with Crippen molar-refractivity contribution < 1.29 is 23.6 Å². The maximum Gasteiger partial charge on any atom is 0.325 e. The number of hydrogen-bond acceptors (Lipinski definition) is 4. The quantitative estimate of drug-likeness (QED) is 0.769. The van der Waals surface area contributed by atoms with Gasteiger partial charge in [-0.25, -0.2) is 14.0 Å². The maximum atomic E-state index is 14.0. The van der Waals surface area contributed by atoms with Gasteiger partial charge in [0.1, 0.15) is 17.9 Å². The minimum atomic E-state index is -1.60. The number of carbonyl (C=O) groups excluding carboxylic acids is 4. The number of amides is 6. The van der Waals surface area contributed by atoms with E-state index in [1.54, 1.807) is 6.07 Å². The van der Waals surface area contributed by atoms with Crippen molar-refractivity contribution in [1.82, 2.24) is 20.4 Å². The van der Waals surface area contributed by atoms with Crippen LogP contribution in [-0.2, 0) is 15.1 Å². The van der Waals surface area contributed by atoms with Gasteiger partial charge in [0, 0.05) is 18.7 Å². The minimum Gasteiger partial charge on any atom is -0.336 e. The molecule has 1 atom stereocenters. The van der Waals surface area contributed by atoms with E-state index in [-0.39, 0.29) is 12.1 Å². The summed E-state index contributed by atoms with van der Waals surface area (Å²) >= 11 is 0. The molecule has 2 aliphatic rings. The van der Waals surface area contributed by atoms with E-state index >= 15 is 0 Å². The molecule has 0 spiro atoms. The van der Waals surface area contributed by atoms with Gasteiger partial charge >= 0.3 is 12.1 Å². The van der Waals surface area contributed by atoms with Crippen LogP contribution in [-0.4, -0.2) is 53.3 Å². The fourth-order valence-corrected chi connectivity index (χ4v) is 2.82. The molecular formula is C15H15FN4O4. The molecule has 3 rings (SSSR count). The number of carbonyl (C=O) groups is 4. The second-order valence-corrected chi connectivity index (χ2v) is 5.70. The number of imide groups is 2. The van der Waals surface area contributed by atoms with E-state index in [1.807, 2.05) is 0 Å². The van der Waals surface area contributed by atoms with Gasteiger partial charge in [0.05, 0.1) is 0 Å². The Morgan fingerprint density at radius 3 is 2.58 bits per heavy atom. The van der Waals surface area contributed by atoms with Gasteiger partial charge in [-0.05, 0) is 13.0 Å². The molecule has 1 aromatic rings. The second-order valence-electron chi connectivity index (χ2n) is 5.70. The van der Waals surface area contributed by atoms with Crippen molar-refractivity contribution in [3.8, 4) is 0 Å². The van der Waals surface area contributed by atoms with E-state index in [1.165, 1.54) is 25.1 Å². The molecule has 2 aliphatic heterocycles. The minimum absolute atomic E-state index is 0.0113. The number of hydrogen-bond donors (Lipinski definition) is 2. The van der Waals surface area contributed by atoms with E-state index < -0.39 is 41.8 Å². The molecular weight excluding hydrogens is 319 g/mol. The summed E-state index contributed by atoms with van der Waals surface area (Å²) in [5.74, 6) is -2.06. The van der Waals surface area contributed by atoms with Gasteiger partial charge in [-0.1, -0.05) is 18.2 Å². The molecule has 0 saturated carbocycles. The maximum absolute atomic E-state index is 14.0. The summed E-state index contributed by atoms with van der Waals surface area (Å²) in [5, 5.41) is 4.88. The third-order valence-corrected chi connectivity index (χ3v) is 4.14. The van der Waals surface area contributed by atoms with Crippen LogP contribution in [0.2, 0.25) is 0 Å². The SMILES string of the molecule is C[C@]1(c2ccccc2F)NC(=O)N(CC(=O)N2CCNC2=O)C1=O. The fourth-order valence-electron chi connectivity index (χ4n) is 2.82. The predicted octanol–water partition coefficient (Wildman–Crippen LogP) is 0.145. The first-order valence-electron chi connectivity index (χ1n) is 7.32. The molecule has 2 fully saturated rings. The highest BCUT2D eigenvalue weighted by Gasteiger charge is 2.51. The van der Waals surface area contributed by atoms with Crippen LogP contribution in [0.3, 0.4) is 0 Å². The van der Waals surface area contributed by atoms with Gasteiger partial charge in [-0.2, -0.15) is 0 Å². The molecule has 1 aromatic carbocycles. The van der Waals surface area contributed by atoms with Crippen LogP contribution in [0.5, 0.6) is 0 Å². The summed E-state index contributed by atoms with van der Waals surface area (Å²) in [6.07, 6.45) is 0. The molecule has 2 N–H and O–H groups in total. The number of nitrogens with zero attached hydrogens (tertiary/aromatic N) is 2. The zero-order valence-corrected chi connectivity index (χ0v) is 12.8. The van der Waals surface area contributed by atoms with Crippen molar-refractivity contribution >= 4 is 23.9 Å². The highest BCUT2D eigenvalue weighted by Crippen LogP contribution is 2.30. The fraction of sp³-hybridized carbons (Fsp3) is 0.333. The summed E-state index contributed by atoms with van der Waals surface area (Å²) in [6, 6.07) is 4.22. The van der Waals surface area contributed by atoms with Gasteiger partial charge in [0.25, 0.3) is 11.8 Å². The molecule has 0 bridgehead atoms. The standard InChI is InChI=1S/C15H15FN4O4/c1-15(9-4-2-3-5-10(9)16)12(22)20(14(24)18-15)8-11(21)19-7-6-17-13(19)23/h2-5H,6-8H2,1H3,(H,17,23)(H,18,24)/t15-/m1/s1. The Morgan fingerprint density at radius 2 is 1.96 bits per heavy atom. The summed E-state index contributed by atoms with van der Waals surface area (Å²) in [7, 11) is 0. The molecule has 6 amide bonds. The molecule has 2 heterocycles. The third kappa shape index (κ3) is 2.38. The summed E-state index contributed by atoms with van der Waals surface area (Å²) in [6.45, 7) is 1.28. The first-order valence-corrected chi connectivity index (χ1v) is 7.32. The van der Waals surface area contributed by atoms with Crippen molar-refractivity contribution in [1.29, 1.82) is 0 Å². The van der Waals surface area contributed by atoms with Crippen LogP contribution in [0.1, 0.15) is 12.5 Å². The van der Waals surface area contributed by atoms with Crippen molar-refractivity contribution in [2.45, 2.75) is 12.5 Å². The highest BCUT2D eigenvalue weighted by molar-refractivity contribution is 6.10. The summed E-state index contributed by atoms with van der Waals surface area (Å²) in [5.41, 5.74) is -1.59. The number of benzene rings is 1. The van der Waals surface area contributed by atoms with E-state index in [0.29, 0.717) is 11.4 Å². The van der Waals surface area contributed by atoms with Crippen LogP contribution in [0.15, 0.2) is 24.3 Å². The Hall–Kier alpha value is -2.97. The van der Waals surface area contributed by atoms with Crippen LogP contribution in [0.4, 0.5) is 14.0 Å². The smallest absolute Gasteiger partial charge is 0.325 e. The van der Waals surface area contributed by atoms with Crippen LogP contribution in [0.25, 0.3) is 0 Å². The van der Waals surface area contributed by atoms with Gasteiger partial charge in [-0.15, -0.1) is 0 Å². The van der Waals surface area contributed by atoms with Crippen molar-refractivity contribution in [2.24, 2.45) is 0 Å². The van der Waals surface area contributed by atoms with E-state index in [2.05, 4.69) is 10.6 Å². The molecule has 8 nitrogen and oxygen atoms in total. The average molecular weight is 334 g/mol. The topological polar surface area (TPSA) is 98.8 Å². The molecule has 0 aliphatic carbocycles. The van der Waals surface area contributed by atoms with Gasteiger partial charge < -0.3 is 10.6 Å². The molecule has 24 heavy (non-hydrogen) atoms. The van der Waals surface area contributed by atoms with E-state index in [9.17, 15) is 23.6 Å². The van der Waals surface area contributed by atoms with Crippen molar-refractivity contribution in [3.63, 3.8) is 0 Å². The number of urea groups is 2. The van der Waals surface area contributed by atoms with Crippen LogP contribution in [0, 0.1) is 5.82 Å². The zero-order chi connectivity index (χ0) is 17.5. The Balaban J connectivity index is 1.83. The Morgan fingerprint density at radius 1 is 1.25 bits per heavy atom. The Labute approximate surface area is 136 Å². The van der Waals surface area contributed by atoms with Crippen molar-refractivity contribution in [3.05, 3.63) is 35.6 Å². The lowest BCUT2D eigenvalue weighted by Gasteiger charge is -2.23. The van der Waals surface area contributed by atoms with Gasteiger partial charge in [-0.3, -0.25) is 19.4 Å². The number of halogens is 1. The Bertz CT molecular complexity index is 753. The lowest BCUT2D eigenvalue weighted by Crippen LogP contribution is -2.45. The monoisotopic (exact) mass is 334 g/mol. The molecule has 0 aromatic heterocycles. The first kappa shape index (κ1) is 15.9. The first-order chi connectivity index (χ1) is 11.3. The Kier molecular flexibility index (Phi) is 3.70. The largest absolute Gasteiger partial charge is 0.336 e. The predicted molar refractivity (Wildman–Crippen MR) is 79.1 cm³/mol. The molecule has 9 heteroatoms. The lowest BCUT2D eigenvalue weighted by molar-refractivity contribution is -0.137. The molecule has 0 unspecified atom stereocenters.